The standard InChI is InChI=1S/C23H28N4O4S/c1-2-31-16-8-15-27-21-12-4-3-11-20(21)24-23(27)25-22(28)18-9-7-10-19(17-18)32(29,30)26-13-5-6-14-26/h3-4,7,9-12,17H,2,5-6,8,13-16H2,1H3,(H,24,25,28). The molecule has 1 N–H and O–H groups in total. The maximum absolute atomic E-state index is 13.0. The maximum atomic E-state index is 13.0. The average Bonchev–Trinajstić information content (AvgIpc) is 3.46. The molecule has 2 aromatic carbocycles. The molecule has 1 saturated heterocycles. The molecule has 0 aliphatic carbocycles. The second-order valence-corrected chi connectivity index (χ2v) is 9.66. The van der Waals surface area contributed by atoms with Gasteiger partial charge in [0.05, 0.1) is 15.9 Å². The molecular weight excluding hydrogens is 428 g/mol. The number of hydrogen-bond donors (Lipinski definition) is 1. The third-order valence-electron chi connectivity index (χ3n) is 5.55. The monoisotopic (exact) mass is 456 g/mol. The van der Waals surface area contributed by atoms with Gasteiger partial charge in [0.15, 0.2) is 0 Å². The Hall–Kier alpha value is -2.75. The number of anilines is 1. The molecule has 32 heavy (non-hydrogen) atoms. The summed E-state index contributed by atoms with van der Waals surface area (Å²) < 4.78 is 34.6. The number of ether oxygens (including phenoxy) is 1. The van der Waals surface area contributed by atoms with E-state index >= 15 is 0 Å². The van der Waals surface area contributed by atoms with Crippen LogP contribution in [0.1, 0.15) is 36.5 Å². The molecule has 9 heteroatoms. The maximum Gasteiger partial charge on any atom is 0.258 e. The molecule has 0 atom stereocenters. The fraction of sp³-hybridized carbons (Fsp3) is 0.391. The highest BCUT2D eigenvalue weighted by atomic mass is 32.2. The summed E-state index contributed by atoms with van der Waals surface area (Å²) in [5.41, 5.74) is 1.98. The highest BCUT2D eigenvalue weighted by Gasteiger charge is 2.27. The van der Waals surface area contributed by atoms with Crippen molar-refractivity contribution in [3.8, 4) is 0 Å². The number of carbonyl (C=O) groups is 1. The number of fused-ring (bicyclic) bond motifs is 1. The van der Waals surface area contributed by atoms with E-state index in [9.17, 15) is 13.2 Å². The van der Waals surface area contributed by atoms with E-state index in [1.54, 1.807) is 12.1 Å². The highest BCUT2D eigenvalue weighted by molar-refractivity contribution is 7.89. The van der Waals surface area contributed by atoms with Crippen molar-refractivity contribution in [1.82, 2.24) is 13.9 Å². The molecular formula is C23H28N4O4S. The van der Waals surface area contributed by atoms with E-state index in [2.05, 4.69) is 10.3 Å². The third-order valence-corrected chi connectivity index (χ3v) is 7.45. The second kappa shape index (κ2) is 9.81. The first-order valence-corrected chi connectivity index (χ1v) is 12.4. The van der Waals surface area contributed by atoms with Gasteiger partial charge in [0.25, 0.3) is 5.91 Å². The molecule has 1 fully saturated rings. The number of nitrogens with one attached hydrogen (secondary N) is 1. The zero-order chi connectivity index (χ0) is 22.6. The number of imidazole rings is 1. The molecule has 1 aliphatic heterocycles. The van der Waals surface area contributed by atoms with E-state index in [-0.39, 0.29) is 10.5 Å². The van der Waals surface area contributed by atoms with E-state index in [0.29, 0.717) is 38.8 Å². The molecule has 0 spiro atoms. The van der Waals surface area contributed by atoms with Gasteiger partial charge in [-0.2, -0.15) is 4.31 Å². The Morgan fingerprint density at radius 3 is 2.69 bits per heavy atom. The second-order valence-electron chi connectivity index (χ2n) is 7.72. The smallest absolute Gasteiger partial charge is 0.258 e. The Morgan fingerprint density at radius 2 is 1.91 bits per heavy atom. The summed E-state index contributed by atoms with van der Waals surface area (Å²) in [6, 6.07) is 13.9. The van der Waals surface area contributed by atoms with Crippen LogP contribution in [-0.2, 0) is 21.3 Å². The minimum Gasteiger partial charge on any atom is -0.382 e. The molecule has 3 aromatic rings. The summed E-state index contributed by atoms with van der Waals surface area (Å²) in [6.07, 6.45) is 2.50. The van der Waals surface area contributed by atoms with Gasteiger partial charge in [0.2, 0.25) is 16.0 Å². The molecule has 2 heterocycles. The van der Waals surface area contributed by atoms with Gasteiger partial charge < -0.3 is 9.30 Å². The number of para-hydroxylation sites is 2. The van der Waals surface area contributed by atoms with Gasteiger partial charge in [-0.3, -0.25) is 10.1 Å². The van der Waals surface area contributed by atoms with Crippen LogP contribution in [0.15, 0.2) is 53.4 Å². The molecule has 0 bridgehead atoms. The minimum absolute atomic E-state index is 0.136. The average molecular weight is 457 g/mol. The summed E-state index contributed by atoms with van der Waals surface area (Å²) in [6.45, 7) is 4.91. The first-order valence-electron chi connectivity index (χ1n) is 11.0. The Balaban J connectivity index is 1.57. The molecule has 1 aromatic heterocycles. The van der Waals surface area contributed by atoms with Gasteiger partial charge >= 0.3 is 0 Å². The Labute approximate surface area is 188 Å². The van der Waals surface area contributed by atoms with Gasteiger partial charge in [-0.15, -0.1) is 0 Å². The zero-order valence-corrected chi connectivity index (χ0v) is 19.0. The number of rotatable bonds is 9. The quantitative estimate of drug-likeness (QED) is 0.498. The molecule has 1 aliphatic rings. The lowest BCUT2D eigenvalue weighted by Crippen LogP contribution is -2.28. The van der Waals surface area contributed by atoms with Crippen LogP contribution in [0.3, 0.4) is 0 Å². The third kappa shape index (κ3) is 4.69. The van der Waals surface area contributed by atoms with Gasteiger partial charge in [-0.1, -0.05) is 18.2 Å². The van der Waals surface area contributed by atoms with Crippen LogP contribution in [0, 0.1) is 0 Å². The van der Waals surface area contributed by atoms with Crippen LogP contribution in [0.4, 0.5) is 5.95 Å². The van der Waals surface area contributed by atoms with Gasteiger partial charge in [-0.05, 0) is 56.5 Å². The number of aromatic nitrogens is 2. The van der Waals surface area contributed by atoms with Crippen molar-refractivity contribution < 1.29 is 17.9 Å². The predicted molar refractivity (Wildman–Crippen MR) is 123 cm³/mol. The van der Waals surface area contributed by atoms with Gasteiger partial charge in [0, 0.05) is 38.4 Å². The number of carbonyl (C=O) groups excluding carboxylic acids is 1. The predicted octanol–water partition coefficient (Wildman–Crippen LogP) is 3.50. The molecule has 0 radical (unpaired) electrons. The van der Waals surface area contributed by atoms with Crippen LogP contribution in [0.5, 0.6) is 0 Å². The molecule has 0 unspecified atom stereocenters. The number of benzene rings is 2. The molecule has 0 saturated carbocycles. The van der Waals surface area contributed by atoms with Crippen LogP contribution in [-0.4, -0.2) is 54.5 Å². The minimum atomic E-state index is -3.60. The van der Waals surface area contributed by atoms with Crippen LogP contribution < -0.4 is 5.32 Å². The SMILES string of the molecule is CCOCCCn1c(NC(=O)c2cccc(S(=O)(=O)N3CCCC3)c2)nc2ccccc21. The molecule has 4 rings (SSSR count). The van der Waals surface area contributed by atoms with Crippen molar-refractivity contribution >= 4 is 32.9 Å². The molecule has 1 amide bonds. The number of hydrogen-bond acceptors (Lipinski definition) is 5. The Kier molecular flexibility index (Phi) is 6.88. The summed E-state index contributed by atoms with van der Waals surface area (Å²) >= 11 is 0. The normalized spacial score (nSPS) is 14.8. The Morgan fingerprint density at radius 1 is 1.12 bits per heavy atom. The number of aryl methyl sites for hydroxylation is 1. The van der Waals surface area contributed by atoms with Crippen molar-refractivity contribution in [3.63, 3.8) is 0 Å². The summed E-state index contributed by atoms with van der Waals surface area (Å²) in [4.78, 5) is 17.7. The van der Waals surface area contributed by atoms with Gasteiger partial charge in [0.1, 0.15) is 0 Å². The number of nitrogens with zero attached hydrogens (tertiary/aromatic N) is 3. The van der Waals surface area contributed by atoms with Crippen LogP contribution in [0.2, 0.25) is 0 Å². The summed E-state index contributed by atoms with van der Waals surface area (Å²) in [7, 11) is -3.60. The summed E-state index contributed by atoms with van der Waals surface area (Å²) in [5, 5.41) is 2.87. The fourth-order valence-corrected chi connectivity index (χ4v) is 5.48. The van der Waals surface area contributed by atoms with E-state index in [4.69, 9.17) is 4.74 Å². The number of sulfonamides is 1. The number of amides is 1. The highest BCUT2D eigenvalue weighted by Crippen LogP contribution is 2.23. The van der Waals surface area contributed by atoms with E-state index < -0.39 is 15.9 Å². The van der Waals surface area contributed by atoms with E-state index in [1.807, 2.05) is 35.8 Å². The topological polar surface area (TPSA) is 93.5 Å². The first-order chi connectivity index (χ1) is 15.5. The van der Waals surface area contributed by atoms with Crippen molar-refractivity contribution in [2.45, 2.75) is 37.6 Å². The van der Waals surface area contributed by atoms with Crippen molar-refractivity contribution in [1.29, 1.82) is 0 Å². The van der Waals surface area contributed by atoms with E-state index in [0.717, 1.165) is 30.3 Å². The van der Waals surface area contributed by atoms with Crippen LogP contribution in [0.25, 0.3) is 11.0 Å². The largest absolute Gasteiger partial charge is 0.382 e. The fourth-order valence-electron chi connectivity index (χ4n) is 3.92. The zero-order valence-electron chi connectivity index (χ0n) is 18.2. The lowest BCUT2D eigenvalue weighted by Gasteiger charge is -2.16. The van der Waals surface area contributed by atoms with Gasteiger partial charge in [-0.25, -0.2) is 13.4 Å². The van der Waals surface area contributed by atoms with Crippen molar-refractivity contribution in [2.24, 2.45) is 0 Å². The Bertz CT molecular complexity index is 1200. The molecule has 170 valence electrons. The van der Waals surface area contributed by atoms with Crippen LogP contribution >= 0.6 is 0 Å². The van der Waals surface area contributed by atoms with Crippen molar-refractivity contribution in [2.75, 3.05) is 31.6 Å². The first kappa shape index (κ1) is 22.4. The lowest BCUT2D eigenvalue weighted by molar-refractivity contribution is 0.102. The van der Waals surface area contributed by atoms with Crippen molar-refractivity contribution in [3.05, 3.63) is 54.1 Å². The summed E-state index contributed by atoms with van der Waals surface area (Å²) in [5.74, 6) is 0.0327. The molecule has 8 nitrogen and oxygen atoms in total. The van der Waals surface area contributed by atoms with E-state index in [1.165, 1.54) is 16.4 Å². The lowest BCUT2D eigenvalue weighted by atomic mass is 10.2.